The predicted octanol–water partition coefficient (Wildman–Crippen LogP) is 3.31. The zero-order chi connectivity index (χ0) is 17.9. The lowest BCUT2D eigenvalue weighted by molar-refractivity contribution is -0.137. The van der Waals surface area contributed by atoms with Gasteiger partial charge in [-0.25, -0.2) is 0 Å². The number of benzene rings is 1. The largest absolute Gasteiger partial charge is 0.416 e. The second-order valence-electron chi connectivity index (χ2n) is 5.31. The van der Waals surface area contributed by atoms with Crippen molar-refractivity contribution in [3.63, 3.8) is 0 Å². The number of hydrogen-bond acceptors (Lipinski definition) is 3. The third-order valence-corrected chi connectivity index (χ3v) is 4.10. The van der Waals surface area contributed by atoms with Crippen molar-refractivity contribution in [3.05, 3.63) is 46.0 Å². The van der Waals surface area contributed by atoms with Crippen LogP contribution in [-0.2, 0) is 24.6 Å². The number of nitrogens with zero attached hydrogens (tertiary/aromatic N) is 2. The smallest absolute Gasteiger partial charge is 0.348 e. The van der Waals surface area contributed by atoms with Crippen LogP contribution < -0.4 is 5.32 Å². The Labute approximate surface area is 141 Å². The zero-order valence-electron chi connectivity index (χ0n) is 13.1. The van der Waals surface area contributed by atoms with Gasteiger partial charge in [-0.1, -0.05) is 25.1 Å². The van der Waals surface area contributed by atoms with Crippen molar-refractivity contribution < 1.29 is 18.0 Å². The first-order valence-corrected chi connectivity index (χ1v) is 7.70. The van der Waals surface area contributed by atoms with Crippen molar-refractivity contribution in [2.24, 2.45) is 7.05 Å². The minimum Gasteiger partial charge on any atom is -0.348 e. The molecule has 1 atom stereocenters. The van der Waals surface area contributed by atoms with E-state index in [0.29, 0.717) is 22.6 Å². The van der Waals surface area contributed by atoms with E-state index in [0.717, 1.165) is 12.1 Å². The Morgan fingerprint density at radius 2 is 2.17 bits per heavy atom. The molecule has 1 heterocycles. The average Bonchev–Trinajstić information content (AvgIpc) is 2.85. The summed E-state index contributed by atoms with van der Waals surface area (Å²) in [5.41, 5.74) is -0.430. The number of rotatable bonds is 5. The van der Waals surface area contributed by atoms with Gasteiger partial charge in [0.1, 0.15) is 0 Å². The van der Waals surface area contributed by atoms with Gasteiger partial charge in [0, 0.05) is 7.05 Å². The van der Waals surface area contributed by atoms with Crippen molar-refractivity contribution in [1.82, 2.24) is 20.1 Å². The average molecular weight is 358 g/mol. The van der Waals surface area contributed by atoms with Crippen molar-refractivity contribution in [3.8, 4) is 0 Å². The van der Waals surface area contributed by atoms with Gasteiger partial charge in [0.15, 0.2) is 10.6 Å². The third-order valence-electron chi connectivity index (χ3n) is 3.73. The number of amides is 1. The fraction of sp³-hybridized carbons (Fsp3) is 0.400. The SMILES string of the molecule is CC[C@@H](C(=O)NCc1n[nH]c(=S)n1C)c1cccc(C(F)(F)F)c1. The van der Waals surface area contributed by atoms with Crippen molar-refractivity contribution in [2.45, 2.75) is 32.0 Å². The van der Waals surface area contributed by atoms with Gasteiger partial charge in [-0.05, 0) is 30.3 Å². The molecule has 24 heavy (non-hydrogen) atoms. The maximum absolute atomic E-state index is 12.8. The number of carbonyl (C=O) groups excluding carboxylic acids is 1. The molecule has 2 N–H and O–H groups in total. The van der Waals surface area contributed by atoms with E-state index in [4.69, 9.17) is 12.2 Å². The second-order valence-corrected chi connectivity index (χ2v) is 5.69. The van der Waals surface area contributed by atoms with Crippen LogP contribution in [0.5, 0.6) is 0 Å². The summed E-state index contributed by atoms with van der Waals surface area (Å²) >= 11 is 4.98. The molecular formula is C15H17F3N4OS. The van der Waals surface area contributed by atoms with Gasteiger partial charge >= 0.3 is 6.18 Å². The molecule has 0 aliphatic heterocycles. The first-order chi connectivity index (χ1) is 11.2. The lowest BCUT2D eigenvalue weighted by Gasteiger charge is -2.17. The van der Waals surface area contributed by atoms with E-state index in [1.165, 1.54) is 12.1 Å². The molecule has 0 unspecified atom stereocenters. The van der Waals surface area contributed by atoms with Crippen molar-refractivity contribution in [1.29, 1.82) is 0 Å². The summed E-state index contributed by atoms with van der Waals surface area (Å²) in [6, 6.07) is 4.84. The molecule has 0 saturated carbocycles. The fourth-order valence-electron chi connectivity index (χ4n) is 2.33. The molecule has 0 radical (unpaired) electrons. The van der Waals surface area contributed by atoms with Crippen molar-refractivity contribution >= 4 is 18.1 Å². The number of hydrogen-bond donors (Lipinski definition) is 2. The lowest BCUT2D eigenvalue weighted by Crippen LogP contribution is -2.30. The number of H-pyrrole nitrogens is 1. The maximum atomic E-state index is 12.8. The zero-order valence-corrected chi connectivity index (χ0v) is 14.0. The Morgan fingerprint density at radius 1 is 1.46 bits per heavy atom. The van der Waals surface area contributed by atoms with E-state index in [9.17, 15) is 18.0 Å². The Morgan fingerprint density at radius 3 is 2.71 bits per heavy atom. The number of aromatic nitrogens is 3. The molecule has 2 rings (SSSR count). The van der Waals surface area contributed by atoms with Gasteiger partial charge < -0.3 is 9.88 Å². The first kappa shape index (κ1) is 18.2. The highest BCUT2D eigenvalue weighted by Gasteiger charge is 2.31. The van der Waals surface area contributed by atoms with E-state index in [1.807, 2.05) is 0 Å². The van der Waals surface area contributed by atoms with Crippen LogP contribution in [0, 0.1) is 4.77 Å². The quantitative estimate of drug-likeness (QED) is 0.806. The molecular weight excluding hydrogens is 341 g/mol. The molecule has 9 heteroatoms. The maximum Gasteiger partial charge on any atom is 0.416 e. The van der Waals surface area contributed by atoms with Gasteiger partial charge in [-0.3, -0.25) is 9.89 Å². The topological polar surface area (TPSA) is 62.7 Å². The molecule has 0 aliphatic rings. The number of aromatic amines is 1. The summed E-state index contributed by atoms with van der Waals surface area (Å²) in [6.45, 7) is 1.89. The number of nitrogens with one attached hydrogen (secondary N) is 2. The minimum atomic E-state index is -4.44. The van der Waals surface area contributed by atoms with Crippen LogP contribution in [0.2, 0.25) is 0 Å². The minimum absolute atomic E-state index is 0.137. The van der Waals surface area contributed by atoms with Gasteiger partial charge in [0.05, 0.1) is 18.0 Å². The number of halogens is 3. The molecule has 1 amide bonds. The van der Waals surface area contributed by atoms with Crippen molar-refractivity contribution in [2.75, 3.05) is 0 Å². The van der Waals surface area contributed by atoms with E-state index >= 15 is 0 Å². The van der Waals surface area contributed by atoms with Crippen LogP contribution in [0.3, 0.4) is 0 Å². The Hall–Kier alpha value is -2.16. The van der Waals surface area contributed by atoms with E-state index < -0.39 is 17.7 Å². The van der Waals surface area contributed by atoms with Crippen LogP contribution >= 0.6 is 12.2 Å². The first-order valence-electron chi connectivity index (χ1n) is 7.29. The Balaban J connectivity index is 2.14. The molecule has 0 fully saturated rings. The van der Waals surface area contributed by atoms with Crippen LogP contribution in [0.25, 0.3) is 0 Å². The molecule has 2 aromatic rings. The molecule has 1 aromatic heterocycles. The van der Waals surface area contributed by atoms with Gasteiger partial charge in [-0.15, -0.1) is 0 Å². The summed E-state index contributed by atoms with van der Waals surface area (Å²) in [7, 11) is 1.71. The van der Waals surface area contributed by atoms with Crippen LogP contribution in [-0.4, -0.2) is 20.7 Å². The predicted molar refractivity (Wildman–Crippen MR) is 84.7 cm³/mol. The fourth-order valence-corrected chi connectivity index (χ4v) is 2.48. The standard InChI is InChI=1S/C15H17F3N4OS/c1-3-11(9-5-4-6-10(7-9)15(16,17)18)13(23)19-8-12-20-21-14(24)22(12)2/h4-7,11H,3,8H2,1-2H3,(H,19,23)(H,21,24)/t11-/m1/s1. The molecule has 130 valence electrons. The molecule has 0 saturated heterocycles. The Kier molecular flexibility index (Phi) is 5.43. The highest BCUT2D eigenvalue weighted by Crippen LogP contribution is 2.31. The molecule has 1 aromatic carbocycles. The van der Waals surface area contributed by atoms with Gasteiger partial charge in [-0.2, -0.15) is 18.3 Å². The lowest BCUT2D eigenvalue weighted by atomic mass is 9.94. The normalized spacial score (nSPS) is 12.9. The third kappa shape index (κ3) is 4.02. The highest BCUT2D eigenvalue weighted by molar-refractivity contribution is 7.71. The summed E-state index contributed by atoms with van der Waals surface area (Å²) in [6.07, 6.45) is -4.06. The number of carbonyl (C=O) groups is 1. The van der Waals surface area contributed by atoms with Crippen LogP contribution in [0.4, 0.5) is 13.2 Å². The number of alkyl halides is 3. The summed E-state index contributed by atoms with van der Waals surface area (Å²) in [5, 5.41) is 9.26. The summed E-state index contributed by atoms with van der Waals surface area (Å²) < 4.78 is 40.5. The van der Waals surface area contributed by atoms with E-state index in [1.54, 1.807) is 18.5 Å². The van der Waals surface area contributed by atoms with Gasteiger partial charge in [0.25, 0.3) is 0 Å². The highest BCUT2D eigenvalue weighted by atomic mass is 32.1. The van der Waals surface area contributed by atoms with E-state index in [2.05, 4.69) is 15.5 Å². The second kappa shape index (κ2) is 7.16. The molecule has 0 spiro atoms. The molecule has 5 nitrogen and oxygen atoms in total. The van der Waals surface area contributed by atoms with Gasteiger partial charge in [0.2, 0.25) is 5.91 Å². The monoisotopic (exact) mass is 358 g/mol. The van der Waals surface area contributed by atoms with Crippen LogP contribution in [0.1, 0.15) is 36.2 Å². The summed E-state index contributed by atoms with van der Waals surface area (Å²) in [5.74, 6) is -0.488. The summed E-state index contributed by atoms with van der Waals surface area (Å²) in [4.78, 5) is 12.4. The Bertz CT molecular complexity index is 782. The molecule has 0 bridgehead atoms. The van der Waals surface area contributed by atoms with Crippen LogP contribution in [0.15, 0.2) is 24.3 Å². The molecule has 0 aliphatic carbocycles. The van der Waals surface area contributed by atoms with E-state index in [-0.39, 0.29) is 12.5 Å².